The summed E-state index contributed by atoms with van der Waals surface area (Å²) in [5.41, 5.74) is 3.27. The fourth-order valence-corrected chi connectivity index (χ4v) is 3.98. The molecular weight excluding hydrogens is 409 g/mol. The minimum absolute atomic E-state index is 0.122. The molecule has 3 aromatic heterocycles. The molecular formula is C21H21F3N6O. The Bertz CT molecular complexity index is 1190. The van der Waals surface area contributed by atoms with E-state index in [2.05, 4.69) is 20.1 Å². The second-order valence-corrected chi connectivity index (χ2v) is 8.14. The van der Waals surface area contributed by atoms with Crippen LogP contribution in [0.2, 0.25) is 0 Å². The Morgan fingerprint density at radius 2 is 2.13 bits per heavy atom. The van der Waals surface area contributed by atoms with Crippen molar-refractivity contribution in [2.45, 2.75) is 57.3 Å². The lowest BCUT2D eigenvalue weighted by Gasteiger charge is -2.23. The Kier molecular flexibility index (Phi) is 4.60. The van der Waals surface area contributed by atoms with Crippen LogP contribution in [0.1, 0.15) is 66.0 Å². The fourth-order valence-electron chi connectivity index (χ4n) is 3.98. The zero-order valence-electron chi connectivity index (χ0n) is 16.8. The molecule has 0 radical (unpaired) electrons. The number of amides is 1. The van der Waals surface area contributed by atoms with Gasteiger partial charge in [-0.2, -0.15) is 18.3 Å². The third kappa shape index (κ3) is 3.49. The Balaban J connectivity index is 1.45. The molecule has 3 aromatic rings. The lowest BCUT2D eigenvalue weighted by molar-refractivity contribution is -0.149. The highest BCUT2D eigenvalue weighted by atomic mass is 19.4. The van der Waals surface area contributed by atoms with Gasteiger partial charge in [0, 0.05) is 35.8 Å². The lowest BCUT2D eigenvalue weighted by Crippen LogP contribution is -2.43. The van der Waals surface area contributed by atoms with Gasteiger partial charge in [0.2, 0.25) is 0 Å². The zero-order valence-corrected chi connectivity index (χ0v) is 16.8. The molecule has 2 N–H and O–H groups in total. The van der Waals surface area contributed by atoms with E-state index in [4.69, 9.17) is 0 Å². The first-order chi connectivity index (χ1) is 14.8. The standard InChI is InChI=1S/C21H21F3N6O/c1-11(21(22,23)24)28-20(31)16-10-27-30-6-5-13(7-17(16)30)14-8-26-19-15(14)9-25-18(29-19)12-3-2-4-12/h7-12H,2-6H2,1H3,(H,28,31)(H,25,26,29)/t11-/m1/s1. The molecule has 1 atom stereocenters. The molecule has 31 heavy (non-hydrogen) atoms. The van der Waals surface area contributed by atoms with Crippen LogP contribution >= 0.6 is 0 Å². The van der Waals surface area contributed by atoms with Crippen molar-refractivity contribution in [1.82, 2.24) is 30.0 Å². The van der Waals surface area contributed by atoms with Gasteiger partial charge in [-0.05, 0) is 37.8 Å². The Morgan fingerprint density at radius 3 is 2.84 bits per heavy atom. The van der Waals surface area contributed by atoms with Crippen molar-refractivity contribution in [3.63, 3.8) is 0 Å². The molecule has 1 aliphatic heterocycles. The van der Waals surface area contributed by atoms with Gasteiger partial charge in [-0.1, -0.05) is 6.42 Å². The van der Waals surface area contributed by atoms with Gasteiger partial charge in [0.25, 0.3) is 5.91 Å². The summed E-state index contributed by atoms with van der Waals surface area (Å²) in [4.78, 5) is 24.9. The predicted molar refractivity (Wildman–Crippen MR) is 108 cm³/mol. The van der Waals surface area contributed by atoms with Crippen LogP contribution in [0.15, 0.2) is 18.6 Å². The summed E-state index contributed by atoms with van der Waals surface area (Å²) >= 11 is 0. The first-order valence-corrected chi connectivity index (χ1v) is 10.3. The number of aryl methyl sites for hydroxylation is 1. The Morgan fingerprint density at radius 1 is 1.32 bits per heavy atom. The summed E-state index contributed by atoms with van der Waals surface area (Å²) in [5, 5.41) is 7.06. The number of rotatable bonds is 4. The molecule has 1 amide bonds. The van der Waals surface area contributed by atoms with Crippen LogP contribution < -0.4 is 5.32 Å². The number of nitrogens with one attached hydrogen (secondary N) is 2. The van der Waals surface area contributed by atoms with E-state index in [9.17, 15) is 18.0 Å². The van der Waals surface area contributed by atoms with E-state index in [1.807, 2.05) is 23.8 Å². The Hall–Kier alpha value is -3.17. The number of fused-ring (bicyclic) bond motifs is 2. The van der Waals surface area contributed by atoms with Crippen LogP contribution in [-0.2, 0) is 6.54 Å². The maximum Gasteiger partial charge on any atom is 0.408 e. The van der Waals surface area contributed by atoms with Gasteiger partial charge in [0.05, 0.1) is 17.5 Å². The molecule has 7 nitrogen and oxygen atoms in total. The van der Waals surface area contributed by atoms with E-state index in [-0.39, 0.29) is 5.56 Å². The van der Waals surface area contributed by atoms with E-state index < -0.39 is 18.1 Å². The number of hydrogen-bond donors (Lipinski definition) is 2. The zero-order chi connectivity index (χ0) is 21.8. The number of hydrogen-bond acceptors (Lipinski definition) is 4. The first kappa shape index (κ1) is 19.8. The van der Waals surface area contributed by atoms with Gasteiger partial charge in [0.1, 0.15) is 17.5 Å². The monoisotopic (exact) mass is 430 g/mol. The summed E-state index contributed by atoms with van der Waals surface area (Å²) in [6.45, 7) is 1.44. The molecule has 1 aliphatic carbocycles. The van der Waals surface area contributed by atoms with Gasteiger partial charge < -0.3 is 10.3 Å². The van der Waals surface area contributed by atoms with Crippen LogP contribution in [0.5, 0.6) is 0 Å². The molecule has 1 saturated carbocycles. The highest BCUT2D eigenvalue weighted by Gasteiger charge is 2.37. The average Bonchev–Trinajstić information content (AvgIpc) is 3.29. The van der Waals surface area contributed by atoms with Crippen molar-refractivity contribution in [2.75, 3.05) is 0 Å². The molecule has 0 saturated heterocycles. The third-order valence-corrected chi connectivity index (χ3v) is 6.13. The average molecular weight is 430 g/mol. The molecule has 5 rings (SSSR count). The molecule has 1 fully saturated rings. The summed E-state index contributed by atoms with van der Waals surface area (Å²) in [6.07, 6.45) is 6.43. The minimum Gasteiger partial charge on any atom is -0.345 e. The van der Waals surface area contributed by atoms with Crippen LogP contribution in [0.4, 0.5) is 13.2 Å². The molecule has 0 bridgehead atoms. The van der Waals surface area contributed by atoms with E-state index in [0.717, 1.165) is 47.8 Å². The smallest absolute Gasteiger partial charge is 0.345 e. The molecule has 0 aromatic carbocycles. The maximum atomic E-state index is 12.8. The second kappa shape index (κ2) is 7.21. The van der Waals surface area contributed by atoms with Crippen LogP contribution in [0.25, 0.3) is 22.7 Å². The van der Waals surface area contributed by atoms with Crippen molar-refractivity contribution in [3.05, 3.63) is 41.2 Å². The number of nitrogens with zero attached hydrogens (tertiary/aromatic N) is 4. The number of H-pyrrole nitrogens is 1. The third-order valence-electron chi connectivity index (χ3n) is 6.13. The fraction of sp³-hybridized carbons (Fsp3) is 0.429. The van der Waals surface area contributed by atoms with Crippen LogP contribution in [0, 0.1) is 0 Å². The highest BCUT2D eigenvalue weighted by Crippen LogP contribution is 2.36. The van der Waals surface area contributed by atoms with Gasteiger partial charge in [-0.3, -0.25) is 9.48 Å². The first-order valence-electron chi connectivity index (χ1n) is 10.3. The van der Waals surface area contributed by atoms with Crippen LogP contribution in [0.3, 0.4) is 0 Å². The summed E-state index contributed by atoms with van der Waals surface area (Å²) < 4.78 is 40.1. The lowest BCUT2D eigenvalue weighted by atomic mass is 9.85. The number of halogens is 3. The van der Waals surface area contributed by atoms with E-state index in [1.54, 1.807) is 4.68 Å². The van der Waals surface area contributed by atoms with Crippen molar-refractivity contribution in [2.24, 2.45) is 0 Å². The topological polar surface area (TPSA) is 88.5 Å². The number of carbonyl (C=O) groups excluding carboxylic acids is 1. The molecule has 2 aliphatic rings. The van der Waals surface area contributed by atoms with Gasteiger partial charge in [-0.15, -0.1) is 0 Å². The van der Waals surface area contributed by atoms with Crippen molar-refractivity contribution < 1.29 is 18.0 Å². The molecule has 0 unspecified atom stereocenters. The predicted octanol–water partition coefficient (Wildman–Crippen LogP) is 4.05. The van der Waals surface area contributed by atoms with Crippen molar-refractivity contribution in [1.29, 1.82) is 0 Å². The number of carbonyl (C=O) groups is 1. The quantitative estimate of drug-likeness (QED) is 0.654. The summed E-state index contributed by atoms with van der Waals surface area (Å²) in [5.74, 6) is 0.496. The van der Waals surface area contributed by atoms with Crippen molar-refractivity contribution >= 4 is 28.6 Å². The van der Waals surface area contributed by atoms with Crippen molar-refractivity contribution in [3.8, 4) is 0 Å². The van der Waals surface area contributed by atoms with E-state index in [0.29, 0.717) is 24.6 Å². The van der Waals surface area contributed by atoms with Gasteiger partial charge in [-0.25, -0.2) is 9.97 Å². The minimum atomic E-state index is -4.51. The Labute approximate surface area is 175 Å². The number of alkyl halides is 3. The molecule has 10 heteroatoms. The molecule has 0 spiro atoms. The highest BCUT2D eigenvalue weighted by molar-refractivity contribution is 6.01. The maximum absolute atomic E-state index is 12.8. The summed E-state index contributed by atoms with van der Waals surface area (Å²) in [7, 11) is 0. The van der Waals surface area contributed by atoms with Gasteiger partial charge in [0.15, 0.2) is 0 Å². The molecule has 162 valence electrons. The largest absolute Gasteiger partial charge is 0.408 e. The number of aromatic nitrogens is 5. The van der Waals surface area contributed by atoms with Gasteiger partial charge >= 0.3 is 6.18 Å². The molecule has 4 heterocycles. The van der Waals surface area contributed by atoms with E-state index in [1.165, 1.54) is 12.6 Å². The number of aromatic amines is 1. The normalized spacial score (nSPS) is 17.7. The van der Waals surface area contributed by atoms with Crippen LogP contribution in [-0.4, -0.2) is 42.9 Å². The van der Waals surface area contributed by atoms with E-state index >= 15 is 0 Å². The SMILES string of the molecule is C[C@@H](NC(=O)c1cnn2c1C=C(c1c[nH]c3nc(C4CCC4)ncc13)CC2)C(F)(F)F. The summed E-state index contributed by atoms with van der Waals surface area (Å²) in [6, 6.07) is -1.95. The number of allylic oxidation sites excluding steroid dienone is 1. The second-order valence-electron chi connectivity index (χ2n) is 8.14.